The topological polar surface area (TPSA) is 60.2 Å². The van der Waals surface area contributed by atoms with E-state index in [2.05, 4.69) is 20.2 Å². The van der Waals surface area contributed by atoms with Crippen molar-refractivity contribution in [2.24, 2.45) is 0 Å². The van der Waals surface area contributed by atoms with Crippen molar-refractivity contribution < 1.29 is 22.4 Å². The Balaban J connectivity index is 1.81. The minimum absolute atomic E-state index is 0.0371. The van der Waals surface area contributed by atoms with E-state index in [-0.39, 0.29) is 18.5 Å². The minimum Gasteiger partial charge on any atom is -0.362 e. The van der Waals surface area contributed by atoms with Crippen molar-refractivity contribution in [2.45, 2.75) is 31.7 Å². The summed E-state index contributed by atoms with van der Waals surface area (Å²) in [6, 6.07) is 0.0371. The van der Waals surface area contributed by atoms with E-state index in [4.69, 9.17) is 4.52 Å². The van der Waals surface area contributed by atoms with Crippen LogP contribution in [0.5, 0.6) is 0 Å². The fraction of sp³-hybridized carbons (Fsp3) is 0.778. The standard InChI is InChI=1S/C9H12F3N3O2/c10-9(11,12)5-16-4-7-14-8(15-17-7)6-2-1-3-13-6/h6,13H,1-5H2. The Morgan fingerprint density at radius 3 is 2.94 bits per heavy atom. The number of aromatic nitrogens is 2. The fourth-order valence-corrected chi connectivity index (χ4v) is 1.63. The molecule has 1 unspecified atom stereocenters. The number of halogens is 3. The molecule has 0 saturated carbocycles. The molecular weight excluding hydrogens is 239 g/mol. The molecule has 1 aliphatic heterocycles. The van der Waals surface area contributed by atoms with E-state index >= 15 is 0 Å². The lowest BCUT2D eigenvalue weighted by Gasteiger charge is -2.04. The highest BCUT2D eigenvalue weighted by molar-refractivity contribution is 4.96. The minimum atomic E-state index is -4.34. The van der Waals surface area contributed by atoms with Crippen molar-refractivity contribution in [2.75, 3.05) is 13.2 Å². The largest absolute Gasteiger partial charge is 0.411 e. The first-order chi connectivity index (χ1) is 8.04. The molecule has 2 heterocycles. The number of alkyl halides is 3. The summed E-state index contributed by atoms with van der Waals surface area (Å²) in [5, 5.41) is 6.86. The van der Waals surface area contributed by atoms with Crippen LogP contribution in [0, 0.1) is 0 Å². The Labute approximate surface area is 95.3 Å². The van der Waals surface area contributed by atoms with E-state index < -0.39 is 12.8 Å². The third-order valence-electron chi connectivity index (χ3n) is 2.35. The van der Waals surface area contributed by atoms with Gasteiger partial charge in [-0.2, -0.15) is 18.2 Å². The molecule has 8 heteroatoms. The van der Waals surface area contributed by atoms with Crippen molar-refractivity contribution in [3.8, 4) is 0 Å². The lowest BCUT2D eigenvalue weighted by atomic mass is 10.2. The van der Waals surface area contributed by atoms with Gasteiger partial charge in [0.05, 0.1) is 6.04 Å². The van der Waals surface area contributed by atoms with Crippen LogP contribution in [0.2, 0.25) is 0 Å². The van der Waals surface area contributed by atoms with Gasteiger partial charge in [0.2, 0.25) is 0 Å². The zero-order valence-corrected chi connectivity index (χ0v) is 8.96. The first kappa shape index (κ1) is 12.3. The van der Waals surface area contributed by atoms with Crippen LogP contribution in [0.15, 0.2) is 4.52 Å². The molecule has 1 fully saturated rings. The molecule has 1 aromatic rings. The SMILES string of the molecule is FC(F)(F)COCc1nc(C2CCCN2)no1. The van der Waals surface area contributed by atoms with Gasteiger partial charge in [-0.3, -0.25) is 0 Å². The maximum absolute atomic E-state index is 11.8. The van der Waals surface area contributed by atoms with Crippen LogP contribution in [-0.4, -0.2) is 29.5 Å². The third kappa shape index (κ3) is 3.67. The van der Waals surface area contributed by atoms with E-state index in [9.17, 15) is 13.2 Å². The van der Waals surface area contributed by atoms with Crippen LogP contribution in [-0.2, 0) is 11.3 Å². The molecule has 0 radical (unpaired) electrons. The average Bonchev–Trinajstić information content (AvgIpc) is 2.83. The first-order valence-corrected chi connectivity index (χ1v) is 5.25. The quantitative estimate of drug-likeness (QED) is 0.880. The zero-order chi connectivity index (χ0) is 12.3. The third-order valence-corrected chi connectivity index (χ3v) is 2.35. The average molecular weight is 251 g/mol. The van der Waals surface area contributed by atoms with Crippen LogP contribution in [0.4, 0.5) is 13.2 Å². The first-order valence-electron chi connectivity index (χ1n) is 5.25. The van der Waals surface area contributed by atoms with Crippen LogP contribution >= 0.6 is 0 Å². The summed E-state index contributed by atoms with van der Waals surface area (Å²) in [4.78, 5) is 3.98. The highest BCUT2D eigenvalue weighted by Crippen LogP contribution is 2.20. The monoisotopic (exact) mass is 251 g/mol. The maximum Gasteiger partial charge on any atom is 0.411 e. The van der Waals surface area contributed by atoms with Crippen LogP contribution in [0.1, 0.15) is 30.6 Å². The van der Waals surface area contributed by atoms with Crippen LogP contribution < -0.4 is 5.32 Å². The number of hydrogen-bond acceptors (Lipinski definition) is 5. The van der Waals surface area contributed by atoms with Gasteiger partial charge in [-0.25, -0.2) is 0 Å². The van der Waals surface area contributed by atoms with E-state index in [0.29, 0.717) is 5.82 Å². The Morgan fingerprint density at radius 1 is 1.47 bits per heavy atom. The smallest absolute Gasteiger partial charge is 0.362 e. The second-order valence-electron chi connectivity index (χ2n) is 3.80. The lowest BCUT2D eigenvalue weighted by molar-refractivity contribution is -0.178. The molecule has 1 atom stereocenters. The highest BCUT2D eigenvalue weighted by atomic mass is 19.4. The van der Waals surface area contributed by atoms with Gasteiger partial charge in [0.25, 0.3) is 5.89 Å². The van der Waals surface area contributed by atoms with Crippen LogP contribution in [0.25, 0.3) is 0 Å². The molecule has 1 aliphatic rings. The molecule has 0 bridgehead atoms. The summed E-state index contributed by atoms with van der Waals surface area (Å²) >= 11 is 0. The molecule has 1 aromatic heterocycles. The second-order valence-corrected chi connectivity index (χ2v) is 3.80. The number of hydrogen-bond donors (Lipinski definition) is 1. The number of ether oxygens (including phenoxy) is 1. The summed E-state index contributed by atoms with van der Waals surface area (Å²) in [6.45, 7) is -0.745. The number of nitrogens with one attached hydrogen (secondary N) is 1. The van der Waals surface area contributed by atoms with Gasteiger partial charge >= 0.3 is 6.18 Å². The summed E-state index contributed by atoms with van der Waals surface area (Å²) < 4.78 is 44.6. The lowest BCUT2D eigenvalue weighted by Crippen LogP contribution is -2.17. The molecule has 5 nitrogen and oxygen atoms in total. The molecule has 0 aliphatic carbocycles. The summed E-state index contributed by atoms with van der Waals surface area (Å²) in [7, 11) is 0. The molecule has 0 aromatic carbocycles. The van der Waals surface area contributed by atoms with Gasteiger partial charge in [0, 0.05) is 0 Å². The summed E-state index contributed by atoms with van der Waals surface area (Å²) in [6.07, 6.45) is -2.41. The van der Waals surface area contributed by atoms with E-state index in [0.717, 1.165) is 19.4 Å². The van der Waals surface area contributed by atoms with Gasteiger partial charge in [0.15, 0.2) is 5.82 Å². The van der Waals surface area contributed by atoms with Gasteiger partial charge in [-0.05, 0) is 19.4 Å². The molecule has 0 spiro atoms. The molecule has 1 N–H and O–H groups in total. The van der Waals surface area contributed by atoms with Gasteiger partial charge in [-0.15, -0.1) is 0 Å². The van der Waals surface area contributed by atoms with Crippen LogP contribution in [0.3, 0.4) is 0 Å². The van der Waals surface area contributed by atoms with E-state index in [1.54, 1.807) is 0 Å². The highest BCUT2D eigenvalue weighted by Gasteiger charge is 2.28. The molecule has 0 amide bonds. The Kier molecular flexibility index (Phi) is 3.63. The molecule has 1 saturated heterocycles. The van der Waals surface area contributed by atoms with Crippen molar-refractivity contribution in [1.82, 2.24) is 15.5 Å². The van der Waals surface area contributed by atoms with Gasteiger partial charge < -0.3 is 14.6 Å². The summed E-state index contributed by atoms with van der Waals surface area (Å²) in [5.74, 6) is 0.547. The predicted octanol–water partition coefficient (Wildman–Crippen LogP) is 1.57. The van der Waals surface area contributed by atoms with Gasteiger partial charge in [0.1, 0.15) is 13.2 Å². The molecule has 2 rings (SSSR count). The van der Waals surface area contributed by atoms with Crippen molar-refractivity contribution in [3.63, 3.8) is 0 Å². The van der Waals surface area contributed by atoms with E-state index in [1.807, 2.05) is 0 Å². The van der Waals surface area contributed by atoms with E-state index in [1.165, 1.54) is 0 Å². The number of rotatable bonds is 4. The molecule has 96 valence electrons. The maximum atomic E-state index is 11.8. The fourth-order valence-electron chi connectivity index (χ4n) is 1.63. The van der Waals surface area contributed by atoms with Crippen molar-refractivity contribution >= 4 is 0 Å². The summed E-state index contributed by atoms with van der Waals surface area (Å²) in [5.41, 5.74) is 0. The molecule has 17 heavy (non-hydrogen) atoms. The zero-order valence-electron chi connectivity index (χ0n) is 8.96. The Bertz CT molecular complexity index is 361. The second kappa shape index (κ2) is 5.01. The Morgan fingerprint density at radius 2 is 2.29 bits per heavy atom. The van der Waals surface area contributed by atoms with Crippen molar-refractivity contribution in [1.29, 1.82) is 0 Å². The van der Waals surface area contributed by atoms with Gasteiger partial charge in [-0.1, -0.05) is 5.16 Å². The molecular formula is C9H12F3N3O2. The Hall–Kier alpha value is -1.15. The predicted molar refractivity (Wildman–Crippen MR) is 50.0 cm³/mol. The normalized spacial score (nSPS) is 21.0. The van der Waals surface area contributed by atoms with Crippen molar-refractivity contribution in [3.05, 3.63) is 11.7 Å². The number of nitrogens with zero attached hydrogens (tertiary/aromatic N) is 2.